The van der Waals surface area contributed by atoms with Crippen molar-refractivity contribution in [1.29, 1.82) is 0 Å². The van der Waals surface area contributed by atoms with Crippen molar-refractivity contribution < 1.29 is 21.6 Å². The summed E-state index contributed by atoms with van der Waals surface area (Å²) >= 11 is 0. The van der Waals surface area contributed by atoms with Crippen LogP contribution in [0, 0.1) is 5.92 Å². The lowest BCUT2D eigenvalue weighted by Crippen LogP contribution is -2.28. The third-order valence-corrected chi connectivity index (χ3v) is 4.55. The Hall–Kier alpha value is -1.45. The molecule has 21 heavy (non-hydrogen) atoms. The summed E-state index contributed by atoms with van der Waals surface area (Å²) in [6.45, 7) is 4.17. The van der Waals surface area contributed by atoms with Crippen LogP contribution in [-0.4, -0.2) is 35.5 Å². The lowest BCUT2D eigenvalue weighted by atomic mass is 10.2. The molecule has 0 aliphatic rings. The van der Waals surface area contributed by atoms with Crippen LogP contribution < -0.4 is 10.5 Å². The molecule has 3 N–H and O–H groups in total. The van der Waals surface area contributed by atoms with E-state index in [0.717, 1.165) is 24.5 Å². The van der Waals surface area contributed by atoms with Crippen LogP contribution in [0.5, 0.6) is 0 Å². The second kappa shape index (κ2) is 6.12. The van der Waals surface area contributed by atoms with E-state index >= 15 is 0 Å². The number of primary sulfonamides is 1. The Bertz CT molecular complexity index is 702. The van der Waals surface area contributed by atoms with Crippen LogP contribution in [0.1, 0.15) is 24.2 Å². The maximum atomic E-state index is 12.0. The van der Waals surface area contributed by atoms with Gasteiger partial charge in [-0.3, -0.25) is 4.79 Å². The average Bonchev–Trinajstić information content (AvgIpc) is 2.33. The van der Waals surface area contributed by atoms with E-state index in [1.807, 2.05) is 13.8 Å². The van der Waals surface area contributed by atoms with E-state index in [0.29, 0.717) is 6.54 Å². The van der Waals surface area contributed by atoms with Crippen LogP contribution in [0.15, 0.2) is 28.0 Å². The van der Waals surface area contributed by atoms with E-state index in [1.54, 1.807) is 0 Å². The highest BCUT2D eigenvalue weighted by Gasteiger charge is 2.18. The summed E-state index contributed by atoms with van der Waals surface area (Å²) in [5, 5.41) is 7.59. The van der Waals surface area contributed by atoms with E-state index in [9.17, 15) is 21.6 Å². The van der Waals surface area contributed by atoms with Gasteiger partial charge in [0.25, 0.3) is 5.91 Å². The predicted molar refractivity (Wildman–Crippen MR) is 78.1 cm³/mol. The van der Waals surface area contributed by atoms with Crippen molar-refractivity contribution in [2.24, 2.45) is 11.1 Å². The molecule has 1 aromatic rings. The van der Waals surface area contributed by atoms with Gasteiger partial charge in [0.15, 0.2) is 9.84 Å². The molecule has 0 saturated carbocycles. The van der Waals surface area contributed by atoms with Gasteiger partial charge in [0, 0.05) is 18.4 Å². The summed E-state index contributed by atoms with van der Waals surface area (Å²) in [6.07, 6.45) is 0.922. The zero-order chi connectivity index (χ0) is 16.4. The second-order valence-electron chi connectivity index (χ2n) is 5.11. The molecule has 0 aliphatic heterocycles. The van der Waals surface area contributed by atoms with Gasteiger partial charge in [-0.05, 0) is 24.1 Å². The third-order valence-electron chi connectivity index (χ3n) is 2.57. The second-order valence-corrected chi connectivity index (χ2v) is 8.69. The minimum absolute atomic E-state index is 0.0670. The molecule has 0 spiro atoms. The number of carbonyl (C=O) groups excluding carboxylic acids is 1. The van der Waals surface area contributed by atoms with Crippen molar-refractivity contribution >= 4 is 25.8 Å². The Kier molecular flexibility index (Phi) is 5.13. The molecule has 0 atom stereocenters. The highest BCUT2D eigenvalue weighted by atomic mass is 32.2. The van der Waals surface area contributed by atoms with E-state index in [2.05, 4.69) is 5.32 Å². The molecule has 0 aliphatic carbocycles. The summed E-state index contributed by atoms with van der Waals surface area (Å²) < 4.78 is 46.0. The van der Waals surface area contributed by atoms with Gasteiger partial charge < -0.3 is 5.32 Å². The molecule has 0 unspecified atom stereocenters. The number of nitrogens with one attached hydrogen (secondary N) is 1. The first-order valence-corrected chi connectivity index (χ1v) is 9.51. The summed E-state index contributed by atoms with van der Waals surface area (Å²) in [6, 6.07) is 3.11. The van der Waals surface area contributed by atoms with E-state index in [1.165, 1.54) is 0 Å². The number of rotatable bonds is 5. The molecule has 0 saturated heterocycles. The van der Waals surface area contributed by atoms with Gasteiger partial charge in [0.05, 0.1) is 9.79 Å². The normalized spacial score (nSPS) is 12.4. The van der Waals surface area contributed by atoms with Crippen LogP contribution in [0.2, 0.25) is 0 Å². The van der Waals surface area contributed by atoms with Crippen molar-refractivity contribution in [2.45, 2.75) is 23.6 Å². The van der Waals surface area contributed by atoms with Crippen LogP contribution in [0.25, 0.3) is 0 Å². The maximum Gasteiger partial charge on any atom is 0.251 e. The first kappa shape index (κ1) is 17.6. The van der Waals surface area contributed by atoms with E-state index < -0.39 is 30.7 Å². The molecule has 0 bridgehead atoms. The number of sulfone groups is 1. The molecule has 1 aromatic carbocycles. The first-order valence-electron chi connectivity index (χ1n) is 6.07. The Morgan fingerprint density at radius 3 is 2.10 bits per heavy atom. The first-order chi connectivity index (χ1) is 9.41. The van der Waals surface area contributed by atoms with Crippen LogP contribution in [0.4, 0.5) is 0 Å². The molecule has 0 fully saturated rings. The van der Waals surface area contributed by atoms with Gasteiger partial charge >= 0.3 is 0 Å². The van der Waals surface area contributed by atoms with E-state index in [-0.39, 0.29) is 16.4 Å². The lowest BCUT2D eigenvalue weighted by Gasteiger charge is -2.10. The molecule has 0 radical (unpaired) electrons. The van der Waals surface area contributed by atoms with Gasteiger partial charge in [-0.15, -0.1) is 0 Å². The van der Waals surface area contributed by atoms with Gasteiger partial charge in [-0.25, -0.2) is 22.0 Å². The van der Waals surface area contributed by atoms with Gasteiger partial charge in [0.2, 0.25) is 10.0 Å². The molecular formula is C12H18N2O5S2. The largest absolute Gasteiger partial charge is 0.352 e. The van der Waals surface area contributed by atoms with Crippen molar-refractivity contribution in [3.05, 3.63) is 23.8 Å². The van der Waals surface area contributed by atoms with Crippen LogP contribution in [-0.2, 0) is 19.9 Å². The smallest absolute Gasteiger partial charge is 0.251 e. The number of hydrogen-bond donors (Lipinski definition) is 2. The van der Waals surface area contributed by atoms with Crippen molar-refractivity contribution in [1.82, 2.24) is 5.32 Å². The number of sulfonamides is 1. The minimum Gasteiger partial charge on any atom is -0.352 e. The molecule has 118 valence electrons. The number of benzene rings is 1. The van der Waals surface area contributed by atoms with Crippen LogP contribution in [0.3, 0.4) is 0 Å². The number of nitrogens with two attached hydrogens (primary N) is 1. The summed E-state index contributed by atoms with van der Waals surface area (Å²) in [4.78, 5) is 11.3. The molecular weight excluding hydrogens is 316 g/mol. The summed E-state index contributed by atoms with van der Waals surface area (Å²) in [5.74, 6) is -0.358. The van der Waals surface area contributed by atoms with Crippen LogP contribution >= 0.6 is 0 Å². The fourth-order valence-corrected chi connectivity index (χ4v) is 2.82. The monoisotopic (exact) mass is 334 g/mol. The highest BCUT2D eigenvalue weighted by molar-refractivity contribution is 7.91. The van der Waals surface area contributed by atoms with Crippen molar-refractivity contribution in [2.75, 3.05) is 12.8 Å². The van der Waals surface area contributed by atoms with Crippen molar-refractivity contribution in [3.63, 3.8) is 0 Å². The number of carbonyl (C=O) groups is 1. The van der Waals surface area contributed by atoms with Gasteiger partial charge in [0.1, 0.15) is 0 Å². The Morgan fingerprint density at radius 1 is 1.14 bits per heavy atom. The quantitative estimate of drug-likeness (QED) is 0.792. The molecule has 0 heterocycles. The SMILES string of the molecule is CC(C)CNC(=O)c1cc(S(C)(=O)=O)cc(S(N)(=O)=O)c1. The fraction of sp³-hybridized carbons (Fsp3) is 0.417. The van der Waals surface area contributed by atoms with Crippen molar-refractivity contribution in [3.8, 4) is 0 Å². The number of hydrogen-bond acceptors (Lipinski definition) is 5. The molecule has 0 aromatic heterocycles. The fourth-order valence-electron chi connectivity index (χ4n) is 1.48. The number of amides is 1. The van der Waals surface area contributed by atoms with Gasteiger partial charge in [-0.2, -0.15) is 0 Å². The zero-order valence-electron chi connectivity index (χ0n) is 12.0. The minimum atomic E-state index is -4.12. The third kappa shape index (κ3) is 5.10. The standard InChI is InChI=1S/C12H18N2O5S2/c1-8(2)7-14-12(15)9-4-10(20(3,16)17)6-11(5-9)21(13,18)19/h4-6,8H,7H2,1-3H3,(H,14,15)(H2,13,18,19). The lowest BCUT2D eigenvalue weighted by molar-refractivity contribution is 0.0948. The summed E-state index contributed by atoms with van der Waals surface area (Å²) in [5.41, 5.74) is -0.0670. The summed E-state index contributed by atoms with van der Waals surface area (Å²) in [7, 11) is -7.79. The Morgan fingerprint density at radius 2 is 1.67 bits per heavy atom. The molecule has 1 amide bonds. The average molecular weight is 334 g/mol. The van der Waals surface area contributed by atoms with Gasteiger partial charge in [-0.1, -0.05) is 13.8 Å². The maximum absolute atomic E-state index is 12.0. The molecule has 7 nitrogen and oxygen atoms in total. The predicted octanol–water partition coefficient (Wildman–Crippen LogP) is 0.123. The zero-order valence-corrected chi connectivity index (χ0v) is 13.6. The topological polar surface area (TPSA) is 123 Å². The van der Waals surface area contributed by atoms with E-state index in [4.69, 9.17) is 5.14 Å². The molecule has 1 rings (SSSR count). The Labute approximate surface area is 124 Å². The molecule has 9 heteroatoms. The highest BCUT2D eigenvalue weighted by Crippen LogP contribution is 2.18. The Balaban J connectivity index is 3.36.